The van der Waals surface area contributed by atoms with Crippen LogP contribution in [0.4, 0.5) is 8.78 Å². The zero-order valence-corrected chi connectivity index (χ0v) is 20.3. The van der Waals surface area contributed by atoms with Gasteiger partial charge in [-0.2, -0.15) is 0 Å². The fourth-order valence-corrected chi connectivity index (χ4v) is 4.99. The van der Waals surface area contributed by atoms with Crippen molar-refractivity contribution in [2.45, 2.75) is 36.4 Å². The number of likely N-dealkylation sites (tertiary alicyclic amines) is 1. The van der Waals surface area contributed by atoms with E-state index in [0.717, 1.165) is 5.56 Å². The highest BCUT2D eigenvalue weighted by atomic mass is 32.2. The Morgan fingerprint density at radius 1 is 1.06 bits per heavy atom. The molecule has 188 valence electrons. The van der Waals surface area contributed by atoms with Gasteiger partial charge in [-0.05, 0) is 72.2 Å². The van der Waals surface area contributed by atoms with E-state index in [1.807, 2.05) is 0 Å². The molecule has 0 radical (unpaired) electrons. The van der Waals surface area contributed by atoms with Crippen molar-refractivity contribution in [2.75, 3.05) is 12.9 Å². The molecule has 1 fully saturated rings. The van der Waals surface area contributed by atoms with Crippen molar-refractivity contribution < 1.29 is 33.3 Å². The highest BCUT2D eigenvalue weighted by molar-refractivity contribution is 7.98. The van der Waals surface area contributed by atoms with E-state index >= 15 is 0 Å². The van der Waals surface area contributed by atoms with E-state index in [2.05, 4.69) is 0 Å². The van der Waals surface area contributed by atoms with Crippen molar-refractivity contribution in [3.05, 3.63) is 83.4 Å². The van der Waals surface area contributed by atoms with Crippen LogP contribution in [-0.2, 0) is 11.4 Å². The van der Waals surface area contributed by atoms with Gasteiger partial charge in [0.05, 0.1) is 12.6 Å². The number of aliphatic hydroxyl groups excluding tert-OH is 1. The van der Waals surface area contributed by atoms with Crippen molar-refractivity contribution in [1.29, 1.82) is 0 Å². The fourth-order valence-electron chi connectivity index (χ4n) is 4.38. The van der Waals surface area contributed by atoms with Crippen LogP contribution in [0.25, 0.3) is 11.1 Å². The lowest BCUT2D eigenvalue weighted by atomic mass is 10.1. The number of carboxylic acid groups (broad SMARTS) is 1. The van der Waals surface area contributed by atoms with Crippen LogP contribution in [0.1, 0.15) is 28.8 Å². The lowest BCUT2D eigenvalue weighted by Gasteiger charge is -2.27. The van der Waals surface area contributed by atoms with Crippen LogP contribution in [-0.4, -0.2) is 51.9 Å². The second kappa shape index (κ2) is 11.1. The van der Waals surface area contributed by atoms with Crippen LogP contribution in [0, 0.1) is 11.6 Å². The van der Waals surface area contributed by atoms with E-state index in [-0.39, 0.29) is 13.2 Å². The van der Waals surface area contributed by atoms with E-state index in [0.29, 0.717) is 40.2 Å². The van der Waals surface area contributed by atoms with E-state index < -0.39 is 35.6 Å². The van der Waals surface area contributed by atoms with Crippen LogP contribution in [0.3, 0.4) is 0 Å². The molecule has 1 heterocycles. The monoisotopic (exact) mass is 513 g/mol. The topological polar surface area (TPSA) is 87.1 Å². The van der Waals surface area contributed by atoms with Crippen molar-refractivity contribution in [2.24, 2.45) is 0 Å². The molecule has 2 unspecified atom stereocenters. The Balaban J connectivity index is 1.46. The zero-order valence-electron chi connectivity index (χ0n) is 19.5. The summed E-state index contributed by atoms with van der Waals surface area (Å²) < 4.78 is 33.2. The number of rotatable bonds is 8. The molecule has 0 aromatic heterocycles. The molecular formula is C27H25F2NO5S. The molecule has 1 saturated heterocycles. The molecule has 0 spiro atoms. The summed E-state index contributed by atoms with van der Waals surface area (Å²) in [6.07, 6.45) is 2.52. The van der Waals surface area contributed by atoms with E-state index in [1.165, 1.54) is 28.8 Å². The fraction of sp³-hybridized carbons (Fsp3) is 0.259. The quantitative estimate of drug-likeness (QED) is 0.413. The molecule has 0 saturated carbocycles. The smallest absolute Gasteiger partial charge is 0.326 e. The van der Waals surface area contributed by atoms with Crippen LogP contribution in [0.5, 0.6) is 5.75 Å². The van der Waals surface area contributed by atoms with E-state index in [9.17, 15) is 28.6 Å². The number of benzene rings is 3. The minimum Gasteiger partial charge on any atom is -0.489 e. The molecule has 1 aliphatic rings. The van der Waals surface area contributed by atoms with Crippen LogP contribution >= 0.6 is 11.8 Å². The van der Waals surface area contributed by atoms with Crippen molar-refractivity contribution in [1.82, 2.24) is 4.90 Å². The lowest BCUT2D eigenvalue weighted by molar-refractivity contribution is -0.141. The van der Waals surface area contributed by atoms with Gasteiger partial charge >= 0.3 is 5.97 Å². The molecule has 36 heavy (non-hydrogen) atoms. The predicted octanol–water partition coefficient (Wildman–Crippen LogP) is 4.98. The van der Waals surface area contributed by atoms with E-state index in [1.54, 1.807) is 54.8 Å². The first kappa shape index (κ1) is 25.7. The average molecular weight is 514 g/mol. The first-order valence-electron chi connectivity index (χ1n) is 11.3. The van der Waals surface area contributed by atoms with Crippen LogP contribution < -0.4 is 4.74 Å². The van der Waals surface area contributed by atoms with Gasteiger partial charge in [-0.3, -0.25) is 4.79 Å². The first-order chi connectivity index (χ1) is 17.3. The number of thioether (sulfide) groups is 1. The standard InChI is InChI=1S/C27H25F2NO5S/c1-36-25-13-23(29)22(28)12-21(25)17-5-8-20(9-6-17)35-15-16-3-2-4-18(11-16)26(32)30-19(14-31)7-10-24(30)27(33)34/h2-6,8-9,11-13,19,24,31H,7,10,14-15H2,1H3,(H,33,34). The zero-order chi connectivity index (χ0) is 25.8. The largest absolute Gasteiger partial charge is 0.489 e. The maximum absolute atomic E-state index is 13.8. The maximum atomic E-state index is 13.8. The predicted molar refractivity (Wildman–Crippen MR) is 132 cm³/mol. The minimum absolute atomic E-state index is 0.160. The summed E-state index contributed by atoms with van der Waals surface area (Å²) in [7, 11) is 0. The molecule has 3 aromatic carbocycles. The molecule has 2 atom stereocenters. The summed E-state index contributed by atoms with van der Waals surface area (Å²) in [5.74, 6) is -2.78. The normalized spacial score (nSPS) is 17.3. The number of halogens is 2. The Hall–Kier alpha value is -3.43. The number of amides is 1. The number of carbonyl (C=O) groups is 2. The number of aliphatic carboxylic acids is 1. The number of hydrogen-bond acceptors (Lipinski definition) is 5. The van der Waals surface area contributed by atoms with Crippen molar-refractivity contribution in [3.8, 4) is 16.9 Å². The third-order valence-electron chi connectivity index (χ3n) is 6.22. The number of aliphatic hydroxyl groups is 1. The Morgan fingerprint density at radius 3 is 2.44 bits per heavy atom. The van der Waals surface area contributed by atoms with Gasteiger partial charge in [0.25, 0.3) is 5.91 Å². The van der Waals surface area contributed by atoms with Crippen LogP contribution in [0.15, 0.2) is 65.6 Å². The third-order valence-corrected chi connectivity index (χ3v) is 7.00. The summed E-state index contributed by atoms with van der Waals surface area (Å²) >= 11 is 1.33. The highest BCUT2D eigenvalue weighted by Crippen LogP contribution is 2.33. The van der Waals surface area contributed by atoms with Gasteiger partial charge in [-0.15, -0.1) is 11.8 Å². The summed E-state index contributed by atoms with van der Waals surface area (Å²) in [6, 6.07) is 14.6. The number of carboxylic acids is 1. The van der Waals surface area contributed by atoms with Crippen molar-refractivity contribution in [3.63, 3.8) is 0 Å². The minimum atomic E-state index is -1.09. The van der Waals surface area contributed by atoms with Gasteiger partial charge in [0, 0.05) is 10.5 Å². The molecule has 9 heteroatoms. The number of carbonyl (C=O) groups excluding carboxylic acids is 1. The second-order valence-electron chi connectivity index (χ2n) is 8.46. The van der Waals surface area contributed by atoms with Gasteiger partial charge in [0.15, 0.2) is 11.6 Å². The number of nitrogens with zero attached hydrogens (tertiary/aromatic N) is 1. The highest BCUT2D eigenvalue weighted by Gasteiger charge is 2.40. The first-order valence-corrected chi connectivity index (χ1v) is 12.6. The van der Waals surface area contributed by atoms with Crippen molar-refractivity contribution >= 4 is 23.6 Å². The summed E-state index contributed by atoms with van der Waals surface area (Å²) in [5.41, 5.74) is 2.33. The Bertz CT molecular complexity index is 1270. The molecule has 0 aliphatic carbocycles. The average Bonchev–Trinajstić information content (AvgIpc) is 3.33. The molecule has 4 rings (SSSR count). The third kappa shape index (κ3) is 5.37. The molecule has 1 aliphatic heterocycles. The molecule has 0 bridgehead atoms. The SMILES string of the molecule is CSc1cc(F)c(F)cc1-c1ccc(OCc2cccc(C(=O)N3C(CO)CCC3C(=O)O)c2)cc1. The Labute approximate surface area is 211 Å². The van der Waals surface area contributed by atoms with Gasteiger partial charge in [-0.25, -0.2) is 13.6 Å². The molecule has 2 N–H and O–H groups in total. The molecular weight excluding hydrogens is 488 g/mol. The van der Waals surface area contributed by atoms with Gasteiger partial charge < -0.3 is 19.8 Å². The van der Waals surface area contributed by atoms with Gasteiger partial charge in [0.1, 0.15) is 18.4 Å². The Morgan fingerprint density at radius 2 is 1.78 bits per heavy atom. The van der Waals surface area contributed by atoms with Gasteiger partial charge in [0.2, 0.25) is 0 Å². The summed E-state index contributed by atoms with van der Waals surface area (Å²) in [4.78, 5) is 26.5. The maximum Gasteiger partial charge on any atom is 0.326 e. The summed E-state index contributed by atoms with van der Waals surface area (Å²) in [5, 5.41) is 19.1. The molecule has 1 amide bonds. The molecule has 6 nitrogen and oxygen atoms in total. The number of hydrogen-bond donors (Lipinski definition) is 2. The van der Waals surface area contributed by atoms with Gasteiger partial charge in [-0.1, -0.05) is 24.3 Å². The molecule has 3 aromatic rings. The second-order valence-corrected chi connectivity index (χ2v) is 9.31. The van der Waals surface area contributed by atoms with Crippen LogP contribution in [0.2, 0.25) is 0 Å². The lowest BCUT2D eigenvalue weighted by Crippen LogP contribution is -2.46. The van der Waals surface area contributed by atoms with E-state index in [4.69, 9.17) is 4.74 Å². The number of ether oxygens (including phenoxy) is 1. The Kier molecular flexibility index (Phi) is 7.91. The summed E-state index contributed by atoms with van der Waals surface area (Å²) in [6.45, 7) is -0.134.